The summed E-state index contributed by atoms with van der Waals surface area (Å²) in [6, 6.07) is 8.21. The first-order valence-corrected chi connectivity index (χ1v) is 7.08. The molecule has 1 aromatic heterocycles. The summed E-state index contributed by atoms with van der Waals surface area (Å²) in [5, 5.41) is 3.80. The smallest absolute Gasteiger partial charge is 0.128 e. The first-order valence-electron chi connectivity index (χ1n) is 6.70. The third kappa shape index (κ3) is 3.17. The molecule has 21 heavy (non-hydrogen) atoms. The van der Waals surface area contributed by atoms with E-state index in [0.717, 1.165) is 11.1 Å². The molecule has 3 N–H and O–H groups in total. The van der Waals surface area contributed by atoms with Crippen LogP contribution in [0.15, 0.2) is 36.5 Å². The predicted octanol–water partition coefficient (Wildman–Crippen LogP) is 3.69. The number of nitrogens with one attached hydrogen (secondary N) is 1. The lowest BCUT2D eigenvalue weighted by Gasteiger charge is -2.35. The van der Waals surface area contributed by atoms with E-state index < -0.39 is 0 Å². The summed E-state index contributed by atoms with van der Waals surface area (Å²) in [6.45, 7) is 4.14. The lowest BCUT2D eigenvalue weighted by Crippen LogP contribution is -2.36. The van der Waals surface area contributed by atoms with Gasteiger partial charge in [-0.15, -0.1) is 0 Å². The number of hydrogen-bond donors (Lipinski definition) is 2. The molecule has 112 valence electrons. The molecule has 0 spiro atoms. The molecule has 0 radical (unpaired) electrons. The van der Waals surface area contributed by atoms with Crippen molar-refractivity contribution >= 4 is 17.4 Å². The highest BCUT2D eigenvalue weighted by Crippen LogP contribution is 2.38. The van der Waals surface area contributed by atoms with E-state index in [1.165, 1.54) is 18.3 Å². The molecule has 0 saturated carbocycles. The molecule has 1 atom stereocenters. The summed E-state index contributed by atoms with van der Waals surface area (Å²) in [5.41, 5.74) is 7.51. The van der Waals surface area contributed by atoms with Crippen LogP contribution < -0.4 is 11.1 Å². The third-order valence-electron chi connectivity index (χ3n) is 3.83. The summed E-state index contributed by atoms with van der Waals surface area (Å²) in [7, 11) is 1.86. The Morgan fingerprint density at radius 2 is 1.90 bits per heavy atom. The molecule has 2 rings (SSSR count). The first-order chi connectivity index (χ1) is 9.86. The van der Waals surface area contributed by atoms with Crippen LogP contribution in [0.4, 0.5) is 10.2 Å². The van der Waals surface area contributed by atoms with Gasteiger partial charge in [0, 0.05) is 23.2 Å². The lowest BCUT2D eigenvalue weighted by molar-refractivity contribution is 0.368. The maximum Gasteiger partial charge on any atom is 0.128 e. The molecule has 0 amide bonds. The Labute approximate surface area is 129 Å². The van der Waals surface area contributed by atoms with Gasteiger partial charge in [-0.1, -0.05) is 37.6 Å². The van der Waals surface area contributed by atoms with Crippen LogP contribution in [0.25, 0.3) is 0 Å². The van der Waals surface area contributed by atoms with Gasteiger partial charge in [-0.25, -0.2) is 9.37 Å². The first kappa shape index (κ1) is 15.7. The molecule has 0 aliphatic carbocycles. The quantitative estimate of drug-likeness (QED) is 0.905. The molecule has 0 bridgehead atoms. The summed E-state index contributed by atoms with van der Waals surface area (Å²) in [4.78, 5) is 4.11. The SMILES string of the molecule is CNC(c1cc(Cl)cnc1N)C(C)(C)c1ccc(F)cc1. The lowest BCUT2D eigenvalue weighted by atomic mass is 9.75. The highest BCUT2D eigenvalue weighted by Gasteiger charge is 2.33. The van der Waals surface area contributed by atoms with Crippen LogP contribution in [0.3, 0.4) is 0 Å². The molecule has 0 aliphatic heterocycles. The van der Waals surface area contributed by atoms with E-state index >= 15 is 0 Å². The van der Waals surface area contributed by atoms with Gasteiger partial charge in [0.2, 0.25) is 0 Å². The van der Waals surface area contributed by atoms with Crippen molar-refractivity contribution in [3.05, 3.63) is 58.5 Å². The Bertz CT molecular complexity index is 626. The number of nitrogens with two attached hydrogens (primary N) is 1. The van der Waals surface area contributed by atoms with Crippen molar-refractivity contribution in [2.75, 3.05) is 12.8 Å². The van der Waals surface area contributed by atoms with Crippen LogP contribution in [0, 0.1) is 5.82 Å². The Balaban J connectivity index is 2.48. The van der Waals surface area contributed by atoms with Gasteiger partial charge in [0.05, 0.1) is 5.02 Å². The van der Waals surface area contributed by atoms with Crippen LogP contribution >= 0.6 is 11.6 Å². The molecule has 2 aromatic rings. The van der Waals surface area contributed by atoms with Crippen LogP contribution in [0.5, 0.6) is 0 Å². The van der Waals surface area contributed by atoms with Gasteiger partial charge >= 0.3 is 0 Å². The van der Waals surface area contributed by atoms with Crippen molar-refractivity contribution in [2.24, 2.45) is 0 Å². The fourth-order valence-corrected chi connectivity index (χ4v) is 2.81. The average molecular weight is 308 g/mol. The van der Waals surface area contributed by atoms with Crippen molar-refractivity contribution < 1.29 is 4.39 Å². The number of rotatable bonds is 4. The molecule has 3 nitrogen and oxygen atoms in total. The summed E-state index contributed by atoms with van der Waals surface area (Å²) >= 11 is 6.04. The Hall–Kier alpha value is -1.65. The van der Waals surface area contributed by atoms with Crippen molar-refractivity contribution in [1.29, 1.82) is 0 Å². The number of halogens is 2. The van der Waals surface area contributed by atoms with Gasteiger partial charge in [0.1, 0.15) is 11.6 Å². The van der Waals surface area contributed by atoms with Crippen molar-refractivity contribution in [1.82, 2.24) is 10.3 Å². The minimum Gasteiger partial charge on any atom is -0.383 e. The monoisotopic (exact) mass is 307 g/mol. The van der Waals surface area contributed by atoms with E-state index in [0.29, 0.717) is 10.8 Å². The molecular formula is C16H19ClFN3. The van der Waals surface area contributed by atoms with Crippen LogP contribution in [-0.4, -0.2) is 12.0 Å². The molecular weight excluding hydrogens is 289 g/mol. The molecule has 0 saturated heterocycles. The maximum atomic E-state index is 13.1. The molecule has 1 heterocycles. The molecule has 5 heteroatoms. The molecule has 0 aliphatic rings. The number of likely N-dealkylation sites (N-methyl/N-ethyl adjacent to an activating group) is 1. The Morgan fingerprint density at radius 3 is 2.48 bits per heavy atom. The zero-order chi connectivity index (χ0) is 15.6. The van der Waals surface area contributed by atoms with Gasteiger partial charge < -0.3 is 11.1 Å². The van der Waals surface area contributed by atoms with Crippen LogP contribution in [-0.2, 0) is 5.41 Å². The van der Waals surface area contributed by atoms with E-state index in [1.807, 2.05) is 13.1 Å². The standard InChI is InChI=1S/C16H19ClFN3/c1-16(2,10-4-6-12(18)7-5-10)14(20-3)13-8-11(17)9-21-15(13)19/h4-9,14,20H,1-3H3,(H2,19,21). The number of anilines is 1. The zero-order valence-electron chi connectivity index (χ0n) is 12.3. The van der Waals surface area contributed by atoms with Crippen molar-refractivity contribution in [3.8, 4) is 0 Å². The van der Waals surface area contributed by atoms with Gasteiger partial charge in [0.15, 0.2) is 0 Å². The van der Waals surface area contributed by atoms with E-state index in [-0.39, 0.29) is 17.3 Å². The molecule has 1 unspecified atom stereocenters. The highest BCUT2D eigenvalue weighted by atomic mass is 35.5. The number of benzene rings is 1. The number of pyridine rings is 1. The maximum absolute atomic E-state index is 13.1. The summed E-state index contributed by atoms with van der Waals surface area (Å²) < 4.78 is 13.1. The fraction of sp³-hybridized carbons (Fsp3) is 0.312. The van der Waals surface area contributed by atoms with E-state index in [2.05, 4.69) is 24.1 Å². The Morgan fingerprint density at radius 1 is 1.29 bits per heavy atom. The van der Waals surface area contributed by atoms with E-state index in [1.54, 1.807) is 12.1 Å². The average Bonchev–Trinajstić information content (AvgIpc) is 2.43. The van der Waals surface area contributed by atoms with Crippen molar-refractivity contribution in [2.45, 2.75) is 25.3 Å². The molecule has 1 aromatic carbocycles. The topological polar surface area (TPSA) is 50.9 Å². The Kier molecular flexibility index (Phi) is 4.49. The minimum atomic E-state index is -0.317. The number of hydrogen-bond acceptors (Lipinski definition) is 3. The largest absolute Gasteiger partial charge is 0.383 e. The normalized spacial score (nSPS) is 13.2. The van der Waals surface area contributed by atoms with Crippen molar-refractivity contribution in [3.63, 3.8) is 0 Å². The number of nitrogen functional groups attached to an aromatic ring is 1. The van der Waals surface area contributed by atoms with Gasteiger partial charge in [-0.2, -0.15) is 0 Å². The fourth-order valence-electron chi connectivity index (χ4n) is 2.65. The zero-order valence-corrected chi connectivity index (χ0v) is 13.1. The number of nitrogens with zero attached hydrogens (tertiary/aromatic N) is 1. The van der Waals surface area contributed by atoms with E-state index in [9.17, 15) is 4.39 Å². The number of aromatic nitrogens is 1. The van der Waals surface area contributed by atoms with E-state index in [4.69, 9.17) is 17.3 Å². The second kappa shape index (κ2) is 6.00. The summed E-state index contributed by atoms with van der Waals surface area (Å²) in [6.07, 6.45) is 1.53. The van der Waals surface area contributed by atoms with Gasteiger partial charge in [0.25, 0.3) is 0 Å². The molecule has 0 fully saturated rings. The summed E-state index contributed by atoms with van der Waals surface area (Å²) in [5.74, 6) is 0.188. The van der Waals surface area contributed by atoms with Gasteiger partial charge in [-0.05, 0) is 30.8 Å². The second-order valence-corrected chi connectivity index (χ2v) is 6.01. The predicted molar refractivity (Wildman–Crippen MR) is 84.9 cm³/mol. The highest BCUT2D eigenvalue weighted by molar-refractivity contribution is 6.30. The van der Waals surface area contributed by atoms with Crippen LogP contribution in [0.1, 0.15) is 31.0 Å². The van der Waals surface area contributed by atoms with Gasteiger partial charge in [-0.3, -0.25) is 0 Å². The van der Waals surface area contributed by atoms with Crippen LogP contribution in [0.2, 0.25) is 5.02 Å². The second-order valence-electron chi connectivity index (χ2n) is 5.58. The minimum absolute atomic E-state index is 0.103. The third-order valence-corrected chi connectivity index (χ3v) is 4.03.